The molecule has 0 heterocycles. The van der Waals surface area contributed by atoms with Crippen molar-refractivity contribution in [3.63, 3.8) is 0 Å². The van der Waals surface area contributed by atoms with Crippen LogP contribution in [-0.2, 0) is 19.4 Å². The van der Waals surface area contributed by atoms with Crippen LogP contribution in [0.3, 0.4) is 0 Å². The lowest BCUT2D eigenvalue weighted by molar-refractivity contribution is -0.332. The fourth-order valence-electron chi connectivity index (χ4n) is 1.75. The Bertz CT molecular complexity index is 574. The summed E-state index contributed by atoms with van der Waals surface area (Å²) in [5, 5.41) is -6.66. The molecular formula is C9H7F7O4S. The van der Waals surface area contributed by atoms with E-state index in [9.17, 15) is 48.7 Å². The lowest BCUT2D eigenvalue weighted by Gasteiger charge is -2.32. The Morgan fingerprint density at radius 1 is 0.905 bits per heavy atom. The quantitative estimate of drug-likeness (QED) is 0.579. The predicted molar refractivity (Wildman–Crippen MR) is 52.5 cm³/mol. The summed E-state index contributed by atoms with van der Waals surface area (Å²) in [7, 11) is -6.78. The maximum absolute atomic E-state index is 13.4. The second-order valence-corrected chi connectivity index (χ2v) is 6.81. The highest BCUT2D eigenvalue weighted by atomic mass is 32.2. The van der Waals surface area contributed by atoms with Crippen LogP contribution in [0.25, 0.3) is 0 Å². The summed E-state index contributed by atoms with van der Waals surface area (Å²) in [5.74, 6) is -10.2. The van der Waals surface area contributed by atoms with E-state index in [1.54, 1.807) is 0 Å². The van der Waals surface area contributed by atoms with Gasteiger partial charge in [0.15, 0.2) is 16.3 Å². The van der Waals surface area contributed by atoms with Crippen LogP contribution in [0.2, 0.25) is 0 Å². The van der Waals surface area contributed by atoms with Gasteiger partial charge in [-0.2, -0.15) is 30.7 Å². The zero-order valence-corrected chi connectivity index (χ0v) is 10.9. The highest BCUT2D eigenvalue weighted by molar-refractivity contribution is 7.95. The fourth-order valence-corrected chi connectivity index (χ4v) is 3.52. The van der Waals surface area contributed by atoms with Gasteiger partial charge in [-0.3, -0.25) is 9.59 Å². The molecule has 0 aromatic rings. The summed E-state index contributed by atoms with van der Waals surface area (Å²) >= 11 is 0. The molecule has 1 aliphatic carbocycles. The van der Waals surface area contributed by atoms with Crippen molar-refractivity contribution in [1.29, 1.82) is 0 Å². The van der Waals surface area contributed by atoms with Crippen molar-refractivity contribution >= 4 is 21.4 Å². The molecule has 0 saturated heterocycles. The normalized spacial score (nSPS) is 21.0. The van der Waals surface area contributed by atoms with Gasteiger partial charge in [-0.05, 0) is 6.92 Å². The number of ketones is 2. The molecule has 1 aliphatic rings. The van der Waals surface area contributed by atoms with E-state index in [-0.39, 0.29) is 6.92 Å². The summed E-state index contributed by atoms with van der Waals surface area (Å²) in [6.07, 6.45) is -8.55. The van der Waals surface area contributed by atoms with Crippen LogP contribution in [0, 0.1) is 0 Å². The van der Waals surface area contributed by atoms with Crippen LogP contribution in [-0.4, -0.2) is 42.1 Å². The van der Waals surface area contributed by atoms with Crippen molar-refractivity contribution < 1.29 is 48.7 Å². The molecule has 0 amide bonds. The SMILES string of the molecule is CC1(S(=O)(=O)C(F)(F)C(F)(F)C(F)(F)F)C(=O)CCC1=O. The van der Waals surface area contributed by atoms with E-state index in [1.165, 1.54) is 0 Å². The first-order chi connectivity index (χ1) is 9.05. The average Bonchev–Trinajstić information content (AvgIpc) is 2.56. The molecule has 0 unspecified atom stereocenters. The molecular weight excluding hydrogens is 337 g/mol. The molecule has 0 spiro atoms. The molecule has 0 aromatic heterocycles. The lowest BCUT2D eigenvalue weighted by Crippen LogP contribution is -2.63. The van der Waals surface area contributed by atoms with Crippen molar-refractivity contribution in [2.24, 2.45) is 0 Å². The number of hydrogen-bond acceptors (Lipinski definition) is 4. The van der Waals surface area contributed by atoms with Crippen molar-refractivity contribution in [3.05, 3.63) is 0 Å². The van der Waals surface area contributed by atoms with E-state index in [4.69, 9.17) is 0 Å². The standard InChI is InChI=1S/C9H7F7O4S/c1-6(4(17)2-3-5(6)18)21(19,20)9(15,16)7(10,11)8(12,13)14/h2-3H2,1H3. The molecule has 1 saturated carbocycles. The van der Waals surface area contributed by atoms with Gasteiger partial charge in [0.2, 0.25) is 9.84 Å². The van der Waals surface area contributed by atoms with Crippen molar-refractivity contribution in [2.45, 2.75) is 41.9 Å². The average molecular weight is 344 g/mol. The zero-order valence-electron chi connectivity index (χ0n) is 10.1. The second kappa shape index (κ2) is 4.40. The van der Waals surface area contributed by atoms with E-state index >= 15 is 0 Å². The number of Topliss-reactive ketones (excluding diaryl/α,β-unsaturated/α-hetero) is 2. The Balaban J connectivity index is 3.57. The zero-order chi connectivity index (χ0) is 17.1. The van der Waals surface area contributed by atoms with Gasteiger partial charge in [0.1, 0.15) is 0 Å². The first kappa shape index (κ1) is 17.9. The van der Waals surface area contributed by atoms with Crippen molar-refractivity contribution in [1.82, 2.24) is 0 Å². The third-order valence-corrected chi connectivity index (χ3v) is 5.70. The summed E-state index contributed by atoms with van der Waals surface area (Å²) < 4.78 is 108. The molecule has 0 bridgehead atoms. The number of hydrogen-bond donors (Lipinski definition) is 0. The minimum atomic E-state index is -6.95. The molecule has 12 heteroatoms. The summed E-state index contributed by atoms with van der Waals surface area (Å²) in [6.45, 7) is 0.111. The van der Waals surface area contributed by atoms with Gasteiger partial charge in [0.25, 0.3) is 0 Å². The minimum Gasteiger partial charge on any atom is -0.297 e. The van der Waals surface area contributed by atoms with Crippen LogP contribution >= 0.6 is 0 Å². The number of rotatable bonds is 3. The Morgan fingerprint density at radius 3 is 1.52 bits per heavy atom. The molecule has 4 nitrogen and oxygen atoms in total. The molecule has 1 fully saturated rings. The Labute approximate surface area is 113 Å². The van der Waals surface area contributed by atoms with E-state index in [0.717, 1.165) is 0 Å². The Hall–Kier alpha value is -1.20. The molecule has 21 heavy (non-hydrogen) atoms. The van der Waals surface area contributed by atoms with Crippen LogP contribution in [0.15, 0.2) is 0 Å². The summed E-state index contributed by atoms with van der Waals surface area (Å²) in [4.78, 5) is 22.6. The van der Waals surface area contributed by atoms with E-state index < -0.39 is 56.3 Å². The highest BCUT2D eigenvalue weighted by Gasteiger charge is 2.82. The van der Waals surface area contributed by atoms with Crippen LogP contribution < -0.4 is 0 Å². The molecule has 0 aromatic carbocycles. The molecule has 0 N–H and O–H groups in total. The highest BCUT2D eigenvalue weighted by Crippen LogP contribution is 2.52. The smallest absolute Gasteiger partial charge is 0.297 e. The monoisotopic (exact) mass is 344 g/mol. The molecule has 1 rings (SSSR count). The van der Waals surface area contributed by atoms with Gasteiger partial charge in [0, 0.05) is 12.8 Å². The molecule has 0 radical (unpaired) electrons. The topological polar surface area (TPSA) is 68.3 Å². The third-order valence-electron chi connectivity index (χ3n) is 3.24. The van der Waals surface area contributed by atoms with Gasteiger partial charge in [-0.25, -0.2) is 8.42 Å². The van der Waals surface area contributed by atoms with Gasteiger partial charge in [-0.1, -0.05) is 0 Å². The summed E-state index contributed by atoms with van der Waals surface area (Å²) in [5.41, 5.74) is 0. The predicted octanol–water partition coefficient (Wildman–Crippen LogP) is 1.88. The Kier molecular flexibility index (Phi) is 3.74. The van der Waals surface area contributed by atoms with E-state index in [1.807, 2.05) is 0 Å². The van der Waals surface area contributed by atoms with E-state index in [0.29, 0.717) is 0 Å². The largest absolute Gasteiger partial charge is 0.461 e. The van der Waals surface area contributed by atoms with Crippen LogP contribution in [0.4, 0.5) is 30.7 Å². The maximum Gasteiger partial charge on any atom is 0.461 e. The number of sulfone groups is 1. The number of halogens is 7. The maximum atomic E-state index is 13.4. The van der Waals surface area contributed by atoms with Crippen molar-refractivity contribution in [3.8, 4) is 0 Å². The van der Waals surface area contributed by atoms with Crippen LogP contribution in [0.5, 0.6) is 0 Å². The lowest BCUT2D eigenvalue weighted by atomic mass is 10.1. The first-order valence-corrected chi connectivity index (χ1v) is 6.66. The minimum absolute atomic E-state index is 0.111. The van der Waals surface area contributed by atoms with E-state index in [2.05, 4.69) is 0 Å². The summed E-state index contributed by atoms with van der Waals surface area (Å²) in [6, 6.07) is 0. The van der Waals surface area contributed by atoms with Gasteiger partial charge in [0.05, 0.1) is 0 Å². The fraction of sp³-hybridized carbons (Fsp3) is 0.778. The molecule has 0 aliphatic heterocycles. The van der Waals surface area contributed by atoms with Gasteiger partial charge in [-0.15, -0.1) is 0 Å². The first-order valence-electron chi connectivity index (χ1n) is 5.18. The molecule has 0 atom stereocenters. The van der Waals surface area contributed by atoms with Gasteiger partial charge >= 0.3 is 17.4 Å². The Morgan fingerprint density at radius 2 is 1.24 bits per heavy atom. The van der Waals surface area contributed by atoms with Gasteiger partial charge < -0.3 is 0 Å². The van der Waals surface area contributed by atoms with Crippen molar-refractivity contribution in [2.75, 3.05) is 0 Å². The molecule has 122 valence electrons. The van der Waals surface area contributed by atoms with Crippen LogP contribution in [0.1, 0.15) is 19.8 Å². The number of alkyl halides is 7. The number of carbonyl (C=O) groups is 2. The number of carbonyl (C=O) groups excluding carboxylic acids is 2. The third kappa shape index (κ3) is 1.98. The second-order valence-electron chi connectivity index (χ2n) is 4.47.